The molecule has 0 saturated heterocycles. The molecule has 8 atom stereocenters. The maximum atomic E-state index is 11.8. The Labute approximate surface area is 155 Å². The van der Waals surface area contributed by atoms with Gasteiger partial charge in [0.1, 0.15) is 0 Å². The van der Waals surface area contributed by atoms with Gasteiger partial charge in [-0.3, -0.25) is 9.59 Å². The molecule has 0 aromatic heterocycles. The molecule has 4 aliphatic rings. The topological polar surface area (TPSA) is 74.6 Å². The molecule has 4 aliphatic carbocycles. The second kappa shape index (κ2) is 5.79. The zero-order chi connectivity index (χ0) is 18.9. The molecule has 142 valence electrons. The van der Waals surface area contributed by atoms with E-state index in [1.807, 2.05) is 0 Å². The normalized spacial score (nSPS) is 48.2. The molecule has 2 N–H and O–H groups in total. The molecule has 0 aromatic carbocycles. The van der Waals surface area contributed by atoms with Crippen molar-refractivity contribution >= 4 is 11.8 Å². The molecular weight excluding hydrogens is 328 g/mol. The van der Waals surface area contributed by atoms with Gasteiger partial charge in [-0.25, -0.2) is 0 Å². The number of aliphatic carboxylic acids is 1. The number of hydrogen-bond donors (Lipinski definition) is 2. The molecule has 3 fully saturated rings. The van der Waals surface area contributed by atoms with Crippen molar-refractivity contribution in [2.24, 2.45) is 40.4 Å². The number of carboxylic acid groups (broad SMARTS) is 1. The van der Waals surface area contributed by atoms with E-state index < -0.39 is 18.0 Å². The molecular formula is C22H30O4. The Morgan fingerprint density at radius 2 is 1.96 bits per heavy atom. The van der Waals surface area contributed by atoms with Gasteiger partial charge in [0.05, 0.1) is 12.0 Å². The molecule has 4 nitrogen and oxygen atoms in total. The number of carbonyl (C=O) groups excluding carboxylic acids is 1. The summed E-state index contributed by atoms with van der Waals surface area (Å²) in [6, 6.07) is 0. The SMILES string of the molecule is C[C@H](C(=O)O)[C@H]1CC[C@H]2[C@H]3CCC4=CC(=O)C=C[C@@]4(C)[C@H]3C[C@H](O)[C@@]12C. The summed E-state index contributed by atoms with van der Waals surface area (Å²) in [5.41, 5.74) is 0.760. The summed E-state index contributed by atoms with van der Waals surface area (Å²) in [6.07, 6.45) is 9.68. The number of allylic oxidation sites excluding steroid dienone is 4. The quantitative estimate of drug-likeness (QED) is 0.791. The van der Waals surface area contributed by atoms with Gasteiger partial charge in [0.2, 0.25) is 0 Å². The standard InChI is InChI=1S/C22H30O4/c1-12(20(25)26)16-6-7-17-15-5-4-13-10-14(23)8-9-21(13,2)18(15)11-19(24)22(16,17)3/h8-10,12,15-19,24H,4-7,11H2,1-3H3,(H,25,26)/t12-,15+,16+,17-,18-,19-,21+,22-/m0/s1. The fourth-order valence-electron chi connectivity index (χ4n) is 7.19. The largest absolute Gasteiger partial charge is 0.481 e. The predicted octanol–water partition coefficient (Wildman–Crippen LogP) is 3.60. The highest BCUT2D eigenvalue weighted by molar-refractivity contribution is 6.01. The summed E-state index contributed by atoms with van der Waals surface area (Å²) >= 11 is 0. The average molecular weight is 358 g/mol. The maximum Gasteiger partial charge on any atom is 0.306 e. The second-order valence-corrected chi connectivity index (χ2v) is 9.53. The number of aliphatic hydroxyl groups is 1. The van der Waals surface area contributed by atoms with Crippen molar-refractivity contribution in [3.63, 3.8) is 0 Å². The van der Waals surface area contributed by atoms with E-state index in [4.69, 9.17) is 0 Å². The lowest BCUT2D eigenvalue weighted by atomic mass is 9.46. The number of aliphatic hydroxyl groups excluding tert-OH is 1. The Morgan fingerprint density at radius 3 is 2.65 bits per heavy atom. The lowest BCUT2D eigenvalue weighted by Crippen LogP contribution is -2.56. The van der Waals surface area contributed by atoms with Gasteiger partial charge in [-0.05, 0) is 67.9 Å². The van der Waals surface area contributed by atoms with E-state index in [0.29, 0.717) is 24.2 Å². The van der Waals surface area contributed by atoms with Crippen LogP contribution in [0.4, 0.5) is 0 Å². The highest BCUT2D eigenvalue weighted by Gasteiger charge is 2.63. The minimum absolute atomic E-state index is 0.0363. The number of carboxylic acids is 1. The molecule has 0 radical (unpaired) electrons. The molecule has 4 heteroatoms. The highest BCUT2D eigenvalue weighted by Crippen LogP contribution is 2.66. The van der Waals surface area contributed by atoms with Crippen molar-refractivity contribution in [2.75, 3.05) is 0 Å². The van der Waals surface area contributed by atoms with Crippen LogP contribution in [-0.4, -0.2) is 28.1 Å². The van der Waals surface area contributed by atoms with Crippen molar-refractivity contribution in [2.45, 2.75) is 59.0 Å². The molecule has 0 aliphatic heterocycles. The third kappa shape index (κ3) is 2.24. The van der Waals surface area contributed by atoms with E-state index in [9.17, 15) is 19.8 Å². The maximum absolute atomic E-state index is 11.8. The van der Waals surface area contributed by atoms with Crippen LogP contribution in [0.3, 0.4) is 0 Å². The number of fused-ring (bicyclic) bond motifs is 5. The van der Waals surface area contributed by atoms with Gasteiger partial charge in [-0.1, -0.05) is 32.4 Å². The van der Waals surface area contributed by atoms with E-state index in [1.54, 1.807) is 19.1 Å². The van der Waals surface area contributed by atoms with Gasteiger partial charge in [0.15, 0.2) is 5.78 Å². The lowest BCUT2D eigenvalue weighted by Gasteiger charge is -2.59. The van der Waals surface area contributed by atoms with Gasteiger partial charge in [0.25, 0.3) is 0 Å². The Morgan fingerprint density at radius 1 is 1.23 bits per heavy atom. The molecule has 0 aromatic rings. The second-order valence-electron chi connectivity index (χ2n) is 9.53. The van der Waals surface area contributed by atoms with Gasteiger partial charge >= 0.3 is 5.97 Å². The summed E-state index contributed by atoms with van der Waals surface area (Å²) in [4.78, 5) is 23.5. The van der Waals surface area contributed by atoms with Crippen LogP contribution in [0.2, 0.25) is 0 Å². The fourth-order valence-corrected chi connectivity index (χ4v) is 7.19. The Balaban J connectivity index is 1.70. The third-order valence-electron chi connectivity index (χ3n) is 8.73. The number of hydrogen-bond acceptors (Lipinski definition) is 3. The fraction of sp³-hybridized carbons (Fsp3) is 0.727. The van der Waals surface area contributed by atoms with Crippen LogP contribution >= 0.6 is 0 Å². The summed E-state index contributed by atoms with van der Waals surface area (Å²) < 4.78 is 0. The zero-order valence-electron chi connectivity index (χ0n) is 15.9. The van der Waals surface area contributed by atoms with Crippen LogP contribution < -0.4 is 0 Å². The van der Waals surface area contributed by atoms with Gasteiger partial charge in [0, 0.05) is 10.8 Å². The van der Waals surface area contributed by atoms with E-state index in [2.05, 4.69) is 19.9 Å². The minimum atomic E-state index is -0.749. The summed E-state index contributed by atoms with van der Waals surface area (Å²) in [5.74, 6) is 0.141. The smallest absolute Gasteiger partial charge is 0.306 e. The van der Waals surface area contributed by atoms with Crippen molar-refractivity contribution in [1.29, 1.82) is 0 Å². The van der Waals surface area contributed by atoms with Crippen LogP contribution in [0, 0.1) is 40.4 Å². The van der Waals surface area contributed by atoms with Crippen molar-refractivity contribution in [1.82, 2.24) is 0 Å². The molecule has 26 heavy (non-hydrogen) atoms. The molecule has 0 amide bonds. The third-order valence-corrected chi connectivity index (χ3v) is 8.73. The predicted molar refractivity (Wildman–Crippen MR) is 98.3 cm³/mol. The zero-order valence-corrected chi connectivity index (χ0v) is 15.9. The van der Waals surface area contributed by atoms with E-state index >= 15 is 0 Å². The van der Waals surface area contributed by atoms with E-state index in [0.717, 1.165) is 25.7 Å². The van der Waals surface area contributed by atoms with Crippen LogP contribution in [-0.2, 0) is 9.59 Å². The first-order valence-corrected chi connectivity index (χ1v) is 10.0. The highest BCUT2D eigenvalue weighted by atomic mass is 16.4. The van der Waals surface area contributed by atoms with Gasteiger partial charge in [-0.15, -0.1) is 0 Å². The average Bonchev–Trinajstić information content (AvgIpc) is 2.94. The van der Waals surface area contributed by atoms with Crippen molar-refractivity contribution < 1.29 is 19.8 Å². The first-order chi connectivity index (χ1) is 12.2. The minimum Gasteiger partial charge on any atom is -0.481 e. The molecule has 0 heterocycles. The number of rotatable bonds is 2. The first-order valence-electron chi connectivity index (χ1n) is 10.0. The summed E-state index contributed by atoms with van der Waals surface area (Å²) in [7, 11) is 0. The van der Waals surface area contributed by atoms with Crippen LogP contribution in [0.25, 0.3) is 0 Å². The Hall–Kier alpha value is -1.42. The molecule has 3 saturated carbocycles. The molecule has 4 rings (SSSR count). The Bertz CT molecular complexity index is 707. The van der Waals surface area contributed by atoms with E-state index in [-0.39, 0.29) is 22.5 Å². The molecule has 0 spiro atoms. The molecule has 0 bridgehead atoms. The first kappa shape index (κ1) is 18.0. The summed E-state index contributed by atoms with van der Waals surface area (Å²) in [5, 5.41) is 20.8. The number of carbonyl (C=O) groups is 2. The van der Waals surface area contributed by atoms with Crippen LogP contribution in [0.5, 0.6) is 0 Å². The lowest BCUT2D eigenvalue weighted by molar-refractivity contribution is -0.155. The number of ketones is 1. The van der Waals surface area contributed by atoms with Crippen molar-refractivity contribution in [3.8, 4) is 0 Å². The summed E-state index contributed by atoms with van der Waals surface area (Å²) in [6.45, 7) is 6.17. The Kier molecular flexibility index (Phi) is 4.00. The van der Waals surface area contributed by atoms with Crippen LogP contribution in [0.15, 0.2) is 23.8 Å². The van der Waals surface area contributed by atoms with Crippen molar-refractivity contribution in [3.05, 3.63) is 23.8 Å². The van der Waals surface area contributed by atoms with Gasteiger partial charge in [-0.2, -0.15) is 0 Å². The van der Waals surface area contributed by atoms with Gasteiger partial charge < -0.3 is 10.2 Å². The monoisotopic (exact) mass is 358 g/mol. The molecule has 0 unspecified atom stereocenters. The van der Waals surface area contributed by atoms with Crippen LogP contribution in [0.1, 0.15) is 52.9 Å². The van der Waals surface area contributed by atoms with E-state index in [1.165, 1.54) is 5.57 Å².